The lowest BCUT2D eigenvalue weighted by molar-refractivity contribution is -0.120. The van der Waals surface area contributed by atoms with Crippen molar-refractivity contribution in [1.82, 2.24) is 10.6 Å². The number of alkyl halides is 8. The van der Waals surface area contributed by atoms with Crippen molar-refractivity contribution in [2.24, 2.45) is 0 Å². The van der Waals surface area contributed by atoms with Gasteiger partial charge >= 0.3 is 5.51 Å². The lowest BCUT2D eigenvalue weighted by Gasteiger charge is -2.28. The second-order valence-corrected chi connectivity index (χ2v) is 11.4. The van der Waals surface area contributed by atoms with Crippen molar-refractivity contribution in [3.05, 3.63) is 18.2 Å². The van der Waals surface area contributed by atoms with Gasteiger partial charge in [-0.25, -0.2) is 8.42 Å². The van der Waals surface area contributed by atoms with Gasteiger partial charge < -0.3 is 21.3 Å². The summed E-state index contributed by atoms with van der Waals surface area (Å²) in [6.45, 7) is 2.05. The highest BCUT2D eigenvalue weighted by molar-refractivity contribution is 7.92. The van der Waals surface area contributed by atoms with Crippen LogP contribution in [0.1, 0.15) is 6.92 Å². The molecule has 0 radical (unpaired) electrons. The Morgan fingerprint density at radius 2 is 1.71 bits per heavy atom. The fraction of sp³-hybridized carbons (Fsp3) is 0.429. The molecule has 0 aliphatic rings. The summed E-state index contributed by atoms with van der Waals surface area (Å²) in [6, 6.07) is 2.63. The Morgan fingerprint density at radius 1 is 1.13 bits per heavy atom. The van der Waals surface area contributed by atoms with Crippen molar-refractivity contribution in [1.29, 1.82) is 0 Å². The number of sulfone groups is 1. The molecule has 0 aromatic heterocycles. The molecule has 0 saturated heterocycles. The molecular formula is C14H14Cl5F3N4O3S2. The average Bonchev–Trinajstić information content (AvgIpc) is 2.60. The Bertz CT molecular complexity index is 927. The predicted octanol–water partition coefficient (Wildman–Crippen LogP) is 4.31. The van der Waals surface area contributed by atoms with Crippen LogP contribution in [0.2, 0.25) is 0 Å². The molecule has 0 bridgehead atoms. The largest absolute Gasteiger partial charge is 0.501 e. The zero-order valence-electron chi connectivity index (χ0n) is 15.2. The quantitative estimate of drug-likeness (QED) is 0.215. The van der Waals surface area contributed by atoms with E-state index in [4.69, 9.17) is 70.2 Å². The summed E-state index contributed by atoms with van der Waals surface area (Å²) in [5.41, 5.74) is -5.41. The fourth-order valence-corrected chi connectivity index (χ4v) is 3.44. The van der Waals surface area contributed by atoms with E-state index in [-0.39, 0.29) is 16.5 Å². The molecule has 176 valence electrons. The third-order valence-electron chi connectivity index (χ3n) is 3.31. The van der Waals surface area contributed by atoms with Crippen LogP contribution in [0.5, 0.6) is 0 Å². The summed E-state index contributed by atoms with van der Waals surface area (Å²) < 4.78 is 59.9. The minimum absolute atomic E-state index is 0.133. The minimum atomic E-state index is -5.62. The standard InChI is InChI=1S/C14H14Cl5F3N4O3S2/c1-2-23-7-4-3-6(31(28,29)14(20,21)22)5-8(7)24-12(30)26-11(13(17,18)19)25-10(27)9(15)16/h3-5,9,11,23H,2H2,1H3,(H,25,27)(H2,24,26,30). The molecule has 7 nitrogen and oxygen atoms in total. The molecule has 31 heavy (non-hydrogen) atoms. The van der Waals surface area contributed by atoms with Gasteiger partial charge in [-0.05, 0) is 37.3 Å². The molecule has 1 rings (SSSR count). The van der Waals surface area contributed by atoms with Crippen molar-refractivity contribution < 1.29 is 26.4 Å². The molecule has 1 amide bonds. The Hall–Kier alpha value is -0.630. The summed E-state index contributed by atoms with van der Waals surface area (Å²) >= 11 is 33.2. The highest BCUT2D eigenvalue weighted by Gasteiger charge is 2.47. The van der Waals surface area contributed by atoms with Gasteiger partial charge in [0.15, 0.2) is 9.95 Å². The Balaban J connectivity index is 3.22. The Labute approximate surface area is 206 Å². The maximum atomic E-state index is 12.9. The molecule has 0 spiro atoms. The van der Waals surface area contributed by atoms with Gasteiger partial charge in [0.2, 0.25) is 3.79 Å². The molecular weight excluding hydrogens is 571 g/mol. The number of benzene rings is 1. The normalized spacial score (nSPS) is 13.5. The first-order chi connectivity index (χ1) is 14.0. The number of amides is 1. The van der Waals surface area contributed by atoms with Crippen LogP contribution in [0.15, 0.2) is 23.1 Å². The number of rotatable bonds is 7. The Morgan fingerprint density at radius 3 is 2.16 bits per heavy atom. The molecule has 1 atom stereocenters. The zero-order chi connectivity index (χ0) is 24.2. The van der Waals surface area contributed by atoms with E-state index in [1.165, 1.54) is 0 Å². The van der Waals surface area contributed by atoms with Crippen LogP contribution >= 0.6 is 70.2 Å². The number of hydrogen-bond acceptors (Lipinski definition) is 5. The molecule has 1 unspecified atom stereocenters. The van der Waals surface area contributed by atoms with Gasteiger partial charge in [0, 0.05) is 6.54 Å². The summed E-state index contributed by atoms with van der Waals surface area (Å²) in [7, 11) is -5.62. The summed E-state index contributed by atoms with van der Waals surface area (Å²) in [5.74, 6) is -0.929. The van der Waals surface area contributed by atoms with Gasteiger partial charge in [-0.2, -0.15) is 13.2 Å². The van der Waals surface area contributed by atoms with Crippen LogP contribution in [0, 0.1) is 0 Å². The van der Waals surface area contributed by atoms with Crippen LogP contribution in [0.3, 0.4) is 0 Å². The van der Waals surface area contributed by atoms with Gasteiger partial charge in [-0.3, -0.25) is 4.79 Å². The van der Waals surface area contributed by atoms with Gasteiger partial charge in [0.1, 0.15) is 6.17 Å². The third-order valence-corrected chi connectivity index (χ3v) is 6.06. The van der Waals surface area contributed by atoms with Crippen LogP contribution in [-0.4, -0.2) is 46.3 Å². The molecule has 17 heteroatoms. The van der Waals surface area contributed by atoms with Crippen molar-refractivity contribution in [3.63, 3.8) is 0 Å². The van der Waals surface area contributed by atoms with E-state index in [2.05, 4.69) is 21.3 Å². The molecule has 0 saturated carbocycles. The summed E-state index contributed by atoms with van der Waals surface area (Å²) in [6.07, 6.45) is -1.46. The van der Waals surface area contributed by atoms with E-state index in [0.717, 1.165) is 18.2 Å². The highest BCUT2D eigenvalue weighted by Crippen LogP contribution is 2.34. The van der Waals surface area contributed by atoms with Gasteiger partial charge in [0.25, 0.3) is 15.7 Å². The molecule has 1 aromatic carbocycles. The number of anilines is 2. The summed E-state index contributed by atoms with van der Waals surface area (Å²) in [4.78, 5) is 9.17. The van der Waals surface area contributed by atoms with Crippen molar-refractivity contribution in [2.45, 2.75) is 32.1 Å². The number of nitrogens with one attached hydrogen (secondary N) is 4. The second-order valence-electron chi connectivity index (χ2n) is 5.57. The predicted molar refractivity (Wildman–Crippen MR) is 121 cm³/mol. The summed E-state index contributed by atoms with van der Waals surface area (Å²) in [5, 5.41) is 9.58. The van der Waals surface area contributed by atoms with Gasteiger partial charge in [-0.15, -0.1) is 0 Å². The third kappa shape index (κ3) is 8.02. The molecule has 4 N–H and O–H groups in total. The minimum Gasteiger partial charge on any atom is -0.384 e. The van der Waals surface area contributed by atoms with E-state index in [1.807, 2.05) is 0 Å². The number of hydrogen-bond donors (Lipinski definition) is 4. The number of thiocarbonyl (C=S) groups is 1. The van der Waals surface area contributed by atoms with Crippen LogP contribution in [-0.2, 0) is 14.6 Å². The first-order valence-corrected chi connectivity index (χ1v) is 11.8. The smallest absolute Gasteiger partial charge is 0.384 e. The van der Waals surface area contributed by atoms with E-state index in [1.54, 1.807) is 6.92 Å². The molecule has 0 heterocycles. The average molecular weight is 585 g/mol. The van der Waals surface area contributed by atoms with Crippen LogP contribution in [0.4, 0.5) is 24.5 Å². The monoisotopic (exact) mass is 582 g/mol. The van der Waals surface area contributed by atoms with Crippen molar-refractivity contribution >= 4 is 102 Å². The zero-order valence-corrected chi connectivity index (χ0v) is 20.6. The Kier molecular flexibility index (Phi) is 10.1. The molecule has 0 aliphatic carbocycles. The van der Waals surface area contributed by atoms with Gasteiger partial charge in [0.05, 0.1) is 16.3 Å². The van der Waals surface area contributed by atoms with E-state index < -0.39 is 40.9 Å². The fourth-order valence-electron chi connectivity index (χ4n) is 1.97. The lowest BCUT2D eigenvalue weighted by Crippen LogP contribution is -2.57. The number of carbonyl (C=O) groups excluding carboxylic acids is 1. The first kappa shape index (κ1) is 28.4. The van der Waals surface area contributed by atoms with Crippen LogP contribution in [0.25, 0.3) is 0 Å². The van der Waals surface area contributed by atoms with Crippen LogP contribution < -0.4 is 21.3 Å². The molecule has 0 fully saturated rings. The molecule has 0 aliphatic heterocycles. The van der Waals surface area contributed by atoms with E-state index in [0.29, 0.717) is 6.54 Å². The number of halogens is 8. The SMILES string of the molecule is CCNc1ccc(S(=O)(=O)C(F)(F)F)cc1NC(=S)NC(NC(=O)C(Cl)Cl)C(Cl)(Cl)Cl. The lowest BCUT2D eigenvalue weighted by atomic mass is 10.2. The topological polar surface area (TPSA) is 99.3 Å². The molecule has 1 aromatic rings. The number of carbonyl (C=O) groups is 1. The maximum Gasteiger partial charge on any atom is 0.501 e. The highest BCUT2D eigenvalue weighted by atomic mass is 35.6. The second kappa shape index (κ2) is 11.0. The van der Waals surface area contributed by atoms with Crippen molar-refractivity contribution in [2.75, 3.05) is 17.2 Å². The maximum absolute atomic E-state index is 12.9. The van der Waals surface area contributed by atoms with E-state index in [9.17, 15) is 26.4 Å². The van der Waals surface area contributed by atoms with Crippen molar-refractivity contribution in [3.8, 4) is 0 Å². The van der Waals surface area contributed by atoms with E-state index >= 15 is 0 Å². The first-order valence-electron chi connectivity index (χ1n) is 7.92. The van der Waals surface area contributed by atoms with Gasteiger partial charge in [-0.1, -0.05) is 58.0 Å².